The third kappa shape index (κ3) is 5.84. The predicted octanol–water partition coefficient (Wildman–Crippen LogP) is 4.13. The second kappa shape index (κ2) is 9.55. The lowest BCUT2D eigenvalue weighted by atomic mass is 10.1. The van der Waals surface area contributed by atoms with Crippen molar-refractivity contribution in [3.05, 3.63) is 43.8 Å². The summed E-state index contributed by atoms with van der Waals surface area (Å²) in [5, 5.41) is 14.4. The van der Waals surface area contributed by atoms with Crippen molar-refractivity contribution in [1.29, 1.82) is 0 Å². The fraction of sp³-hybridized carbons (Fsp3) is 0.444. The zero-order valence-corrected chi connectivity index (χ0v) is 17.2. The molecule has 0 fully saturated rings. The number of nitrogens with zero attached hydrogens (tertiary/aromatic N) is 1. The molecule has 26 heavy (non-hydrogen) atoms. The van der Waals surface area contributed by atoms with Crippen LogP contribution in [0.1, 0.15) is 34.2 Å². The molecule has 1 amide bonds. The molecule has 0 bridgehead atoms. The molecule has 0 spiro atoms. The molecule has 2 aromatic rings. The molecule has 0 aliphatic heterocycles. The van der Waals surface area contributed by atoms with E-state index in [1.807, 2.05) is 6.92 Å². The predicted molar refractivity (Wildman–Crippen MR) is 106 cm³/mol. The molecule has 1 heterocycles. The summed E-state index contributed by atoms with van der Waals surface area (Å²) in [6.07, 6.45) is -0.0345. The number of amides is 1. The molecule has 1 aromatic carbocycles. The van der Waals surface area contributed by atoms with Gasteiger partial charge in [-0.25, -0.2) is 4.98 Å². The standard InChI is InChI=1S/C18H22Cl2N2O3S/c1-10(2)7-15-22-11(3)17(26-15)18(24)21-8-12(23)9-25-14-6-4-5-13(19)16(14)20/h4-6,10,12,23H,7-9H2,1-3H3,(H,21,24). The number of benzene rings is 1. The average molecular weight is 417 g/mol. The lowest BCUT2D eigenvalue weighted by molar-refractivity contribution is 0.0846. The number of ether oxygens (including phenoxy) is 1. The quantitative estimate of drug-likeness (QED) is 0.678. The fourth-order valence-electron chi connectivity index (χ4n) is 2.23. The van der Waals surface area contributed by atoms with Crippen molar-refractivity contribution < 1.29 is 14.6 Å². The Labute approximate surface area is 167 Å². The van der Waals surface area contributed by atoms with Gasteiger partial charge in [0.2, 0.25) is 0 Å². The molecular weight excluding hydrogens is 395 g/mol. The Hall–Kier alpha value is -1.34. The van der Waals surface area contributed by atoms with Crippen LogP contribution in [0.15, 0.2) is 18.2 Å². The summed E-state index contributed by atoms with van der Waals surface area (Å²) < 4.78 is 5.46. The van der Waals surface area contributed by atoms with Crippen LogP contribution in [0.3, 0.4) is 0 Å². The van der Waals surface area contributed by atoms with E-state index in [1.54, 1.807) is 18.2 Å². The minimum absolute atomic E-state index is 0.0133. The van der Waals surface area contributed by atoms with Crippen molar-refractivity contribution >= 4 is 40.4 Å². The van der Waals surface area contributed by atoms with E-state index in [9.17, 15) is 9.90 Å². The van der Waals surface area contributed by atoms with Gasteiger partial charge in [-0.15, -0.1) is 11.3 Å². The van der Waals surface area contributed by atoms with Crippen LogP contribution >= 0.6 is 34.5 Å². The third-order valence-electron chi connectivity index (χ3n) is 3.48. The summed E-state index contributed by atoms with van der Waals surface area (Å²) in [4.78, 5) is 17.3. The van der Waals surface area contributed by atoms with Crippen molar-refractivity contribution in [1.82, 2.24) is 10.3 Å². The number of carbonyl (C=O) groups is 1. The van der Waals surface area contributed by atoms with E-state index in [2.05, 4.69) is 24.1 Å². The second-order valence-corrected chi connectivity index (χ2v) is 8.22. The Bertz CT molecular complexity index is 765. The Morgan fingerprint density at radius 3 is 2.81 bits per heavy atom. The number of aliphatic hydroxyl groups excluding tert-OH is 1. The van der Waals surface area contributed by atoms with Crippen LogP contribution in [0, 0.1) is 12.8 Å². The van der Waals surface area contributed by atoms with Gasteiger partial charge in [-0.1, -0.05) is 43.1 Å². The Kier molecular flexibility index (Phi) is 7.70. The number of aliphatic hydroxyl groups is 1. The summed E-state index contributed by atoms with van der Waals surface area (Å²) in [5.74, 6) is 0.629. The van der Waals surface area contributed by atoms with E-state index >= 15 is 0 Å². The number of nitrogens with one attached hydrogen (secondary N) is 1. The van der Waals surface area contributed by atoms with Crippen LogP contribution < -0.4 is 10.1 Å². The first-order chi connectivity index (χ1) is 12.3. The highest BCUT2D eigenvalue weighted by atomic mass is 35.5. The van der Waals surface area contributed by atoms with Crippen molar-refractivity contribution in [2.45, 2.75) is 33.3 Å². The monoisotopic (exact) mass is 416 g/mol. The Morgan fingerprint density at radius 1 is 1.38 bits per heavy atom. The fourth-order valence-corrected chi connectivity index (χ4v) is 3.77. The maximum absolute atomic E-state index is 12.3. The normalized spacial score (nSPS) is 12.3. The number of carbonyl (C=O) groups excluding carboxylic acids is 1. The van der Waals surface area contributed by atoms with Crippen LogP contribution in [0.25, 0.3) is 0 Å². The molecule has 8 heteroatoms. The van der Waals surface area contributed by atoms with Crippen LogP contribution in [-0.4, -0.2) is 35.3 Å². The number of aromatic nitrogens is 1. The van der Waals surface area contributed by atoms with Crippen LogP contribution in [0.4, 0.5) is 0 Å². The molecule has 142 valence electrons. The number of aryl methyl sites for hydroxylation is 1. The van der Waals surface area contributed by atoms with Gasteiger partial charge in [0.25, 0.3) is 5.91 Å². The van der Waals surface area contributed by atoms with Gasteiger partial charge in [-0.2, -0.15) is 0 Å². The number of rotatable bonds is 8. The smallest absolute Gasteiger partial charge is 0.263 e. The summed E-state index contributed by atoms with van der Waals surface area (Å²) in [7, 11) is 0. The molecule has 1 aromatic heterocycles. The minimum atomic E-state index is -0.877. The highest BCUT2D eigenvalue weighted by molar-refractivity contribution is 7.13. The van der Waals surface area contributed by atoms with E-state index in [0.29, 0.717) is 32.3 Å². The summed E-state index contributed by atoms with van der Waals surface area (Å²) >= 11 is 13.3. The minimum Gasteiger partial charge on any atom is -0.489 e. The largest absolute Gasteiger partial charge is 0.489 e. The Balaban J connectivity index is 1.85. The molecule has 1 atom stereocenters. The van der Waals surface area contributed by atoms with Gasteiger partial charge in [0.15, 0.2) is 0 Å². The first-order valence-electron chi connectivity index (χ1n) is 8.27. The SMILES string of the molecule is Cc1nc(CC(C)C)sc1C(=O)NCC(O)COc1cccc(Cl)c1Cl. The maximum atomic E-state index is 12.3. The zero-order chi connectivity index (χ0) is 19.3. The number of hydrogen-bond acceptors (Lipinski definition) is 5. The van der Waals surface area contributed by atoms with Gasteiger partial charge >= 0.3 is 0 Å². The van der Waals surface area contributed by atoms with E-state index in [-0.39, 0.29) is 19.1 Å². The highest BCUT2D eigenvalue weighted by Crippen LogP contribution is 2.31. The first kappa shape index (κ1) is 21.0. The number of halogens is 2. The summed E-state index contributed by atoms with van der Waals surface area (Å²) in [6, 6.07) is 5.02. The van der Waals surface area contributed by atoms with E-state index in [1.165, 1.54) is 11.3 Å². The van der Waals surface area contributed by atoms with Crippen molar-refractivity contribution in [2.24, 2.45) is 5.92 Å². The molecule has 0 saturated carbocycles. The van der Waals surface area contributed by atoms with E-state index in [0.717, 1.165) is 11.4 Å². The first-order valence-corrected chi connectivity index (χ1v) is 9.84. The van der Waals surface area contributed by atoms with Crippen LogP contribution in [0.2, 0.25) is 10.0 Å². The molecule has 0 aliphatic rings. The molecule has 2 rings (SSSR count). The van der Waals surface area contributed by atoms with Crippen molar-refractivity contribution in [3.8, 4) is 5.75 Å². The molecule has 1 unspecified atom stereocenters. The van der Waals surface area contributed by atoms with Crippen LogP contribution in [0.5, 0.6) is 5.75 Å². The zero-order valence-electron chi connectivity index (χ0n) is 14.9. The molecule has 5 nitrogen and oxygen atoms in total. The van der Waals surface area contributed by atoms with E-state index in [4.69, 9.17) is 27.9 Å². The number of thiazole rings is 1. The molecule has 0 saturated heterocycles. The second-order valence-electron chi connectivity index (χ2n) is 6.35. The van der Waals surface area contributed by atoms with Gasteiger partial charge in [-0.3, -0.25) is 4.79 Å². The van der Waals surface area contributed by atoms with Crippen LogP contribution in [-0.2, 0) is 6.42 Å². The lowest BCUT2D eigenvalue weighted by Gasteiger charge is -2.14. The topological polar surface area (TPSA) is 71.5 Å². The van der Waals surface area contributed by atoms with Gasteiger partial charge in [0, 0.05) is 13.0 Å². The highest BCUT2D eigenvalue weighted by Gasteiger charge is 2.17. The van der Waals surface area contributed by atoms with E-state index < -0.39 is 6.10 Å². The lowest BCUT2D eigenvalue weighted by Crippen LogP contribution is -2.35. The van der Waals surface area contributed by atoms with Gasteiger partial charge in [0.05, 0.1) is 15.7 Å². The van der Waals surface area contributed by atoms with Crippen molar-refractivity contribution in [2.75, 3.05) is 13.2 Å². The van der Waals surface area contributed by atoms with Crippen molar-refractivity contribution in [3.63, 3.8) is 0 Å². The van der Waals surface area contributed by atoms with Gasteiger partial charge < -0.3 is 15.2 Å². The molecular formula is C18H22Cl2N2O3S. The average Bonchev–Trinajstić information content (AvgIpc) is 2.93. The summed E-state index contributed by atoms with van der Waals surface area (Å²) in [5.41, 5.74) is 0.708. The third-order valence-corrected chi connectivity index (χ3v) is 5.46. The molecule has 2 N–H and O–H groups in total. The van der Waals surface area contributed by atoms with Gasteiger partial charge in [0.1, 0.15) is 28.4 Å². The number of hydrogen-bond donors (Lipinski definition) is 2. The molecule has 0 aliphatic carbocycles. The van der Waals surface area contributed by atoms with Gasteiger partial charge in [-0.05, 0) is 25.0 Å². The molecule has 0 radical (unpaired) electrons. The Morgan fingerprint density at radius 2 is 2.12 bits per heavy atom. The summed E-state index contributed by atoms with van der Waals surface area (Å²) in [6.45, 7) is 6.09. The maximum Gasteiger partial charge on any atom is 0.263 e.